The van der Waals surface area contributed by atoms with Crippen molar-refractivity contribution in [2.75, 3.05) is 9.80 Å². The minimum atomic E-state index is -0.0571. The molecular weight excluding hydrogens is 1370 g/mol. The molecule has 0 amide bonds. The van der Waals surface area contributed by atoms with Crippen molar-refractivity contribution in [3.63, 3.8) is 0 Å². The molecule has 0 unspecified atom stereocenters. The lowest BCUT2D eigenvalue weighted by molar-refractivity contribution is 1.07. The van der Waals surface area contributed by atoms with Gasteiger partial charge in [-0.15, -0.1) is 0 Å². The summed E-state index contributed by atoms with van der Waals surface area (Å²) in [5, 5.41) is 1.94. The maximum Gasteiger partial charge on any atom is 0.252 e. The van der Waals surface area contributed by atoms with Crippen molar-refractivity contribution < 1.29 is 0 Å². The molecule has 112 heavy (non-hydrogen) atoms. The van der Waals surface area contributed by atoms with Gasteiger partial charge in [0.2, 0.25) is 0 Å². The van der Waals surface area contributed by atoms with Crippen molar-refractivity contribution in [2.24, 2.45) is 0 Å². The number of benzene rings is 15. The van der Waals surface area contributed by atoms with E-state index in [1.165, 1.54) is 22.1 Å². The highest BCUT2D eigenvalue weighted by molar-refractivity contribution is 7.00. The fourth-order valence-electron chi connectivity index (χ4n) is 16.3. The molecule has 0 fully saturated rings. The third kappa shape index (κ3) is 11.6. The number of aromatic nitrogens is 9. The first-order valence-electron chi connectivity index (χ1n) is 37.7. The first kappa shape index (κ1) is 65.2. The van der Waals surface area contributed by atoms with Crippen LogP contribution in [0.4, 0.5) is 34.1 Å². The van der Waals surface area contributed by atoms with Gasteiger partial charge in [-0.1, -0.05) is 291 Å². The molecule has 21 rings (SSSR count). The topological polar surface area (TPSA) is 115 Å². The minimum Gasteiger partial charge on any atom is -0.311 e. The van der Waals surface area contributed by atoms with Crippen LogP contribution in [0.15, 0.2) is 388 Å². The molecule has 522 valence electrons. The van der Waals surface area contributed by atoms with Gasteiger partial charge in [0, 0.05) is 100 Å². The van der Waals surface area contributed by atoms with Crippen molar-refractivity contribution in [3.05, 3.63) is 388 Å². The Morgan fingerprint density at radius 2 is 0.536 bits per heavy atom. The van der Waals surface area contributed by atoms with Crippen molar-refractivity contribution in [2.45, 2.75) is 0 Å². The third-order valence-electron chi connectivity index (χ3n) is 21.5. The Bertz CT molecular complexity index is 6430. The van der Waals surface area contributed by atoms with Crippen LogP contribution in [0.1, 0.15) is 0 Å². The summed E-state index contributed by atoms with van der Waals surface area (Å²) in [5.74, 6) is 4.03. The molecule has 11 nitrogen and oxygen atoms in total. The largest absolute Gasteiger partial charge is 0.311 e. The molecule has 0 N–H and O–H groups in total. The van der Waals surface area contributed by atoms with E-state index in [9.17, 15) is 0 Å². The fourth-order valence-corrected chi connectivity index (χ4v) is 16.3. The molecule has 0 radical (unpaired) electrons. The lowest BCUT2D eigenvalue weighted by Crippen LogP contribution is -2.61. The molecule has 0 atom stereocenters. The molecule has 19 aromatic rings. The van der Waals surface area contributed by atoms with Crippen LogP contribution in [0.2, 0.25) is 0 Å². The molecule has 4 aromatic heterocycles. The molecule has 0 spiro atoms. The zero-order chi connectivity index (χ0) is 74.0. The summed E-state index contributed by atoms with van der Waals surface area (Å²) in [5.41, 5.74) is 27.2. The molecule has 12 heteroatoms. The van der Waals surface area contributed by atoms with Gasteiger partial charge in [0.1, 0.15) is 0 Å². The average Bonchev–Trinajstić information content (AvgIpc) is 0.790. The molecule has 0 bridgehead atoms. The maximum absolute atomic E-state index is 5.45. The van der Waals surface area contributed by atoms with Gasteiger partial charge in [0.25, 0.3) is 6.71 Å². The van der Waals surface area contributed by atoms with Crippen molar-refractivity contribution >= 4 is 79.0 Å². The Morgan fingerprint density at radius 1 is 0.205 bits per heavy atom. The van der Waals surface area contributed by atoms with E-state index in [4.69, 9.17) is 39.9 Å². The van der Waals surface area contributed by atoms with Gasteiger partial charge in [0.05, 0.1) is 33.8 Å². The first-order chi connectivity index (χ1) is 55.5. The van der Waals surface area contributed by atoms with Crippen LogP contribution in [0, 0.1) is 0 Å². The van der Waals surface area contributed by atoms with E-state index < -0.39 is 0 Å². The molecule has 15 aromatic carbocycles. The monoisotopic (exact) mass is 1430 g/mol. The van der Waals surface area contributed by atoms with E-state index in [0.717, 1.165) is 140 Å². The molecule has 0 saturated carbocycles. The van der Waals surface area contributed by atoms with Crippen LogP contribution in [-0.4, -0.2) is 51.2 Å². The first-order valence-corrected chi connectivity index (χ1v) is 37.7. The smallest absolute Gasteiger partial charge is 0.252 e. The SMILES string of the molecule is c1ccc(-c2cc(-c3ccc(-n4c5ccc(-c6nc(-c7ccccc7)nc(-c7ccccc7)n6)cc5c5cc(-c6nc(-c7ccccc7)nc(-c7ccccc7)n6)ccc54)c(-c4ccc(-c5ccc6c7c5N(c5ccccc5)c5ccccc5B7c5ccccc5N6c5ccccc5)cc4)c3)nc(-c3ccccc3)n2)cc1. The summed E-state index contributed by atoms with van der Waals surface area (Å²) in [6.07, 6.45) is 0. The molecule has 6 heterocycles. The van der Waals surface area contributed by atoms with E-state index in [1.807, 2.05) is 146 Å². The second-order valence-electron chi connectivity index (χ2n) is 28.2. The van der Waals surface area contributed by atoms with Crippen LogP contribution in [0.25, 0.3) is 152 Å². The lowest BCUT2D eigenvalue weighted by atomic mass is 9.33. The predicted molar refractivity (Wildman–Crippen MR) is 457 cm³/mol. The van der Waals surface area contributed by atoms with E-state index in [2.05, 4.69) is 257 Å². The fraction of sp³-hybridized carbons (Fsp3) is 0. The Kier molecular flexibility index (Phi) is 16.1. The summed E-state index contributed by atoms with van der Waals surface area (Å²) in [6, 6.07) is 137. The van der Waals surface area contributed by atoms with E-state index in [1.54, 1.807) is 0 Å². The normalized spacial score (nSPS) is 12.1. The quantitative estimate of drug-likeness (QED) is 0.0975. The highest BCUT2D eigenvalue weighted by Crippen LogP contribution is 2.49. The zero-order valence-corrected chi connectivity index (χ0v) is 60.4. The number of hydrogen-bond donors (Lipinski definition) is 0. The predicted octanol–water partition coefficient (Wildman–Crippen LogP) is 22.4. The van der Waals surface area contributed by atoms with Gasteiger partial charge in [-0.3, -0.25) is 0 Å². The standard InChI is InChI=1S/C100H64BN11/c1-9-29-67(30-10-1)84-64-85(103-94(102-84)68-31-11-2-12-32-68)73-53-57-86(79(61-73)66-51-49-65(50-52-66)78-56-60-91-92-93(78)111(77-43-23-8-24-44-77)90-48-28-26-46-83(90)101(92)82-45-25-27-47-89(82)110(91)76-41-21-7-22-42-76)112-87-58-54-74(99-106-95(69-33-13-3-14-34-69)104-96(107-99)70-35-15-4-16-36-70)62-80(87)81-63-75(55-59-88(81)112)100-108-97(71-37-17-5-18-38-71)105-98(109-100)72-39-19-6-20-40-72/h1-64H. The number of anilines is 6. The number of hydrogen-bond acceptors (Lipinski definition) is 10. The summed E-state index contributed by atoms with van der Waals surface area (Å²) < 4.78 is 2.41. The number of para-hydroxylation sites is 4. The van der Waals surface area contributed by atoms with Crippen molar-refractivity contribution in [3.8, 4) is 130 Å². The van der Waals surface area contributed by atoms with Gasteiger partial charge in [0.15, 0.2) is 40.8 Å². The van der Waals surface area contributed by atoms with Crippen molar-refractivity contribution in [1.82, 2.24) is 44.4 Å². The summed E-state index contributed by atoms with van der Waals surface area (Å²) in [6.45, 7) is -0.0571. The van der Waals surface area contributed by atoms with E-state index in [0.29, 0.717) is 40.8 Å². The zero-order valence-electron chi connectivity index (χ0n) is 60.4. The van der Waals surface area contributed by atoms with Crippen LogP contribution in [0.5, 0.6) is 0 Å². The number of rotatable bonds is 14. The highest BCUT2D eigenvalue weighted by Gasteiger charge is 2.44. The van der Waals surface area contributed by atoms with Gasteiger partial charge in [-0.2, -0.15) is 0 Å². The van der Waals surface area contributed by atoms with Crippen LogP contribution < -0.4 is 26.2 Å². The molecular formula is C100H64BN11. The Hall–Kier alpha value is -15.1. The van der Waals surface area contributed by atoms with E-state index >= 15 is 0 Å². The van der Waals surface area contributed by atoms with Gasteiger partial charge in [-0.05, 0) is 125 Å². The lowest BCUT2D eigenvalue weighted by Gasteiger charge is -2.45. The Labute approximate surface area is 647 Å². The average molecular weight is 1430 g/mol. The number of nitrogens with zero attached hydrogens (tertiary/aromatic N) is 11. The second-order valence-corrected chi connectivity index (χ2v) is 28.2. The summed E-state index contributed by atoms with van der Waals surface area (Å²) in [4.78, 5) is 47.0. The van der Waals surface area contributed by atoms with Crippen molar-refractivity contribution in [1.29, 1.82) is 0 Å². The summed E-state index contributed by atoms with van der Waals surface area (Å²) in [7, 11) is 0. The third-order valence-corrected chi connectivity index (χ3v) is 21.5. The molecule has 2 aliphatic heterocycles. The second kappa shape index (κ2) is 27.6. The highest BCUT2D eigenvalue weighted by atomic mass is 15.2. The summed E-state index contributed by atoms with van der Waals surface area (Å²) >= 11 is 0. The number of fused-ring (bicyclic) bond motifs is 7. The Balaban J connectivity index is 0.799. The molecule has 0 saturated heterocycles. The molecule has 2 aliphatic rings. The minimum absolute atomic E-state index is 0.0571. The van der Waals surface area contributed by atoms with Gasteiger partial charge in [-0.25, -0.2) is 39.9 Å². The maximum atomic E-state index is 5.45. The Morgan fingerprint density at radius 3 is 0.982 bits per heavy atom. The van der Waals surface area contributed by atoms with Gasteiger partial charge < -0.3 is 14.4 Å². The van der Waals surface area contributed by atoms with Gasteiger partial charge >= 0.3 is 0 Å². The van der Waals surface area contributed by atoms with Crippen LogP contribution in [0.3, 0.4) is 0 Å². The van der Waals surface area contributed by atoms with E-state index in [-0.39, 0.29) is 6.71 Å². The van der Waals surface area contributed by atoms with Crippen LogP contribution >= 0.6 is 0 Å². The molecule has 0 aliphatic carbocycles. The van der Waals surface area contributed by atoms with Crippen LogP contribution in [-0.2, 0) is 0 Å².